The van der Waals surface area contributed by atoms with Crippen LogP contribution in [0.2, 0.25) is 0 Å². The normalized spacial score (nSPS) is 17.5. The molecule has 2 N–H and O–H groups in total. The molecule has 23 heavy (non-hydrogen) atoms. The predicted molar refractivity (Wildman–Crippen MR) is 95.5 cm³/mol. The summed E-state index contributed by atoms with van der Waals surface area (Å²) in [6.07, 6.45) is 2.00. The van der Waals surface area contributed by atoms with Gasteiger partial charge in [-0.05, 0) is 23.8 Å². The van der Waals surface area contributed by atoms with E-state index in [-0.39, 0.29) is 29.8 Å². The second-order valence-corrected chi connectivity index (χ2v) is 7.16. The van der Waals surface area contributed by atoms with Crippen LogP contribution in [0.5, 0.6) is 0 Å². The average molecular weight is 341 g/mol. The molecular weight excluding hydrogens is 312 g/mol. The molecule has 0 aromatic heterocycles. The monoisotopic (exact) mass is 340 g/mol. The highest BCUT2D eigenvalue weighted by molar-refractivity contribution is 5.85. The van der Waals surface area contributed by atoms with Crippen molar-refractivity contribution in [3.8, 4) is 0 Å². The molecule has 5 heteroatoms. The summed E-state index contributed by atoms with van der Waals surface area (Å²) in [5.41, 5.74) is 7.07. The van der Waals surface area contributed by atoms with E-state index in [1.54, 1.807) is 0 Å². The number of amides is 1. The van der Waals surface area contributed by atoms with Crippen LogP contribution in [0.25, 0.3) is 0 Å². The van der Waals surface area contributed by atoms with Crippen LogP contribution in [-0.2, 0) is 16.1 Å². The predicted octanol–water partition coefficient (Wildman–Crippen LogP) is 2.99. The molecule has 0 saturated carbocycles. The summed E-state index contributed by atoms with van der Waals surface area (Å²) in [6, 6.07) is 9.75. The average Bonchev–Trinajstić information content (AvgIpc) is 2.52. The Kier molecular flexibility index (Phi) is 7.52. The van der Waals surface area contributed by atoms with Gasteiger partial charge in [0.15, 0.2) is 0 Å². The molecule has 1 aliphatic rings. The van der Waals surface area contributed by atoms with E-state index in [1.165, 1.54) is 5.56 Å². The Labute approximate surface area is 145 Å². The van der Waals surface area contributed by atoms with Crippen LogP contribution in [0.3, 0.4) is 0 Å². The van der Waals surface area contributed by atoms with Crippen LogP contribution in [0.1, 0.15) is 39.2 Å². The largest absolute Gasteiger partial charge is 0.373 e. The second-order valence-electron chi connectivity index (χ2n) is 7.16. The Morgan fingerprint density at radius 3 is 2.35 bits per heavy atom. The number of carbonyl (C=O) groups excluding carboxylic acids is 1. The molecule has 4 nitrogen and oxygen atoms in total. The molecule has 1 aromatic carbocycles. The SMILES string of the molecule is CC(C)(C)[C@H](N)C(=O)N1CCC(OCc2ccccc2)CC1.Cl. The van der Waals surface area contributed by atoms with Crippen molar-refractivity contribution < 1.29 is 9.53 Å². The zero-order valence-corrected chi connectivity index (χ0v) is 15.1. The first-order valence-corrected chi connectivity index (χ1v) is 8.08. The van der Waals surface area contributed by atoms with Crippen LogP contribution < -0.4 is 5.73 Å². The van der Waals surface area contributed by atoms with Crippen molar-refractivity contribution in [2.75, 3.05) is 13.1 Å². The first kappa shape index (κ1) is 19.9. The highest BCUT2D eigenvalue weighted by atomic mass is 35.5. The third kappa shape index (κ3) is 5.79. The Hall–Kier alpha value is -1.10. The topological polar surface area (TPSA) is 55.6 Å². The highest BCUT2D eigenvalue weighted by Gasteiger charge is 2.33. The Balaban J connectivity index is 0.00000264. The number of benzene rings is 1. The molecule has 1 fully saturated rings. The molecule has 0 bridgehead atoms. The number of nitrogens with two attached hydrogens (primary N) is 1. The molecular formula is C18H29ClN2O2. The summed E-state index contributed by atoms with van der Waals surface area (Å²) < 4.78 is 5.96. The zero-order chi connectivity index (χ0) is 16.2. The molecule has 1 aromatic rings. The maximum absolute atomic E-state index is 12.4. The van der Waals surface area contributed by atoms with Gasteiger partial charge in [-0.2, -0.15) is 0 Å². The van der Waals surface area contributed by atoms with Crippen molar-refractivity contribution in [3.63, 3.8) is 0 Å². The van der Waals surface area contributed by atoms with Crippen molar-refractivity contribution in [2.45, 2.75) is 52.4 Å². The van der Waals surface area contributed by atoms with Gasteiger partial charge in [0.05, 0.1) is 18.8 Å². The van der Waals surface area contributed by atoms with Gasteiger partial charge in [-0.25, -0.2) is 0 Å². The number of hydrogen-bond acceptors (Lipinski definition) is 3. The maximum atomic E-state index is 12.4. The fraction of sp³-hybridized carbons (Fsp3) is 0.611. The van der Waals surface area contributed by atoms with Gasteiger partial charge < -0.3 is 15.4 Å². The molecule has 1 aliphatic heterocycles. The number of hydrogen-bond donors (Lipinski definition) is 1. The van der Waals surface area contributed by atoms with Crippen molar-refractivity contribution in [3.05, 3.63) is 35.9 Å². The third-order valence-electron chi connectivity index (χ3n) is 4.28. The molecule has 1 amide bonds. The Morgan fingerprint density at radius 1 is 1.26 bits per heavy atom. The first-order valence-electron chi connectivity index (χ1n) is 8.08. The van der Waals surface area contributed by atoms with E-state index in [0.29, 0.717) is 6.61 Å². The highest BCUT2D eigenvalue weighted by Crippen LogP contribution is 2.22. The summed E-state index contributed by atoms with van der Waals surface area (Å²) in [5.74, 6) is 0.0639. The van der Waals surface area contributed by atoms with E-state index in [4.69, 9.17) is 10.5 Å². The van der Waals surface area contributed by atoms with Crippen LogP contribution in [-0.4, -0.2) is 36.0 Å². The molecule has 1 saturated heterocycles. The molecule has 0 radical (unpaired) electrons. The van der Waals surface area contributed by atoms with Crippen molar-refractivity contribution in [2.24, 2.45) is 11.1 Å². The summed E-state index contributed by atoms with van der Waals surface area (Å²) in [7, 11) is 0. The van der Waals surface area contributed by atoms with Crippen LogP contribution in [0.15, 0.2) is 30.3 Å². The number of nitrogens with zero attached hydrogens (tertiary/aromatic N) is 1. The lowest BCUT2D eigenvalue weighted by molar-refractivity contribution is -0.137. The van der Waals surface area contributed by atoms with E-state index >= 15 is 0 Å². The summed E-state index contributed by atoms with van der Waals surface area (Å²) in [5, 5.41) is 0. The van der Waals surface area contributed by atoms with E-state index in [2.05, 4.69) is 12.1 Å². The molecule has 0 aliphatic carbocycles. The second kappa shape index (κ2) is 8.67. The minimum absolute atomic E-state index is 0. The smallest absolute Gasteiger partial charge is 0.240 e. The van der Waals surface area contributed by atoms with E-state index in [0.717, 1.165) is 25.9 Å². The fourth-order valence-corrected chi connectivity index (χ4v) is 2.60. The third-order valence-corrected chi connectivity index (χ3v) is 4.28. The minimum atomic E-state index is -0.436. The number of carbonyl (C=O) groups is 1. The number of ether oxygens (including phenoxy) is 1. The van der Waals surface area contributed by atoms with Crippen LogP contribution in [0, 0.1) is 5.41 Å². The first-order chi connectivity index (χ1) is 10.4. The van der Waals surface area contributed by atoms with Crippen molar-refractivity contribution in [1.82, 2.24) is 4.90 Å². The lowest BCUT2D eigenvalue weighted by Gasteiger charge is -2.36. The fourth-order valence-electron chi connectivity index (χ4n) is 2.60. The van der Waals surface area contributed by atoms with Crippen molar-refractivity contribution >= 4 is 18.3 Å². The quantitative estimate of drug-likeness (QED) is 0.916. The number of rotatable bonds is 4. The molecule has 130 valence electrons. The Bertz CT molecular complexity index is 480. The van der Waals surface area contributed by atoms with Crippen molar-refractivity contribution in [1.29, 1.82) is 0 Å². The van der Waals surface area contributed by atoms with Gasteiger partial charge in [0.2, 0.25) is 5.91 Å². The van der Waals surface area contributed by atoms with E-state index in [1.807, 2.05) is 43.9 Å². The summed E-state index contributed by atoms with van der Waals surface area (Å²) >= 11 is 0. The lowest BCUT2D eigenvalue weighted by Crippen LogP contribution is -2.53. The van der Waals surface area contributed by atoms with Gasteiger partial charge in [0.25, 0.3) is 0 Å². The molecule has 1 heterocycles. The van der Waals surface area contributed by atoms with Crippen LogP contribution in [0.4, 0.5) is 0 Å². The van der Waals surface area contributed by atoms with Gasteiger partial charge in [0, 0.05) is 13.1 Å². The zero-order valence-electron chi connectivity index (χ0n) is 14.3. The Morgan fingerprint density at radius 2 is 1.83 bits per heavy atom. The summed E-state index contributed by atoms with van der Waals surface area (Å²) in [6.45, 7) is 8.13. The lowest BCUT2D eigenvalue weighted by atomic mass is 9.86. The summed E-state index contributed by atoms with van der Waals surface area (Å²) in [4.78, 5) is 14.3. The molecule has 0 unspecified atom stereocenters. The number of likely N-dealkylation sites (tertiary alicyclic amines) is 1. The van der Waals surface area contributed by atoms with Gasteiger partial charge in [0.1, 0.15) is 0 Å². The number of piperidine rings is 1. The van der Waals surface area contributed by atoms with E-state index < -0.39 is 6.04 Å². The van der Waals surface area contributed by atoms with E-state index in [9.17, 15) is 4.79 Å². The minimum Gasteiger partial charge on any atom is -0.373 e. The molecule has 2 rings (SSSR count). The van der Waals surface area contributed by atoms with Gasteiger partial charge >= 0.3 is 0 Å². The number of halogens is 1. The van der Waals surface area contributed by atoms with Gasteiger partial charge in [-0.1, -0.05) is 51.1 Å². The molecule has 0 spiro atoms. The van der Waals surface area contributed by atoms with Gasteiger partial charge in [-0.15, -0.1) is 12.4 Å². The molecule has 1 atom stereocenters. The van der Waals surface area contributed by atoms with Gasteiger partial charge in [-0.3, -0.25) is 4.79 Å². The standard InChI is InChI=1S/C18H28N2O2.ClH/c1-18(2,3)16(19)17(21)20-11-9-15(10-12-20)22-13-14-7-5-4-6-8-14;/h4-8,15-16H,9-13,19H2,1-3H3;1H/t16-;/m1./s1. The van der Waals surface area contributed by atoms with Crippen LogP contribution >= 0.6 is 12.4 Å². The maximum Gasteiger partial charge on any atom is 0.240 e.